The predicted molar refractivity (Wildman–Crippen MR) is 117 cm³/mol. The lowest BCUT2D eigenvalue weighted by Gasteiger charge is -2.22. The van der Waals surface area contributed by atoms with Crippen LogP contribution >= 0.6 is 11.6 Å². The minimum atomic E-state index is -4.65. The molecule has 1 fully saturated rings. The molecule has 2 unspecified atom stereocenters. The Bertz CT molecular complexity index is 1110. The van der Waals surface area contributed by atoms with E-state index in [0.29, 0.717) is 36.9 Å². The van der Waals surface area contributed by atoms with Crippen molar-refractivity contribution in [2.45, 2.75) is 30.5 Å². The minimum absolute atomic E-state index is 0.00110. The Labute approximate surface area is 195 Å². The van der Waals surface area contributed by atoms with E-state index in [1.165, 1.54) is 4.90 Å². The molecule has 6 nitrogen and oxygen atoms in total. The second kappa shape index (κ2) is 9.80. The summed E-state index contributed by atoms with van der Waals surface area (Å²) in [5.74, 6) is -0.292. The van der Waals surface area contributed by atoms with Crippen LogP contribution in [0.25, 0.3) is 0 Å². The zero-order valence-corrected chi connectivity index (χ0v) is 19.5. The highest BCUT2D eigenvalue weighted by molar-refractivity contribution is 7.90. The zero-order valence-electron chi connectivity index (χ0n) is 17.9. The van der Waals surface area contributed by atoms with Gasteiger partial charge in [-0.25, -0.2) is 8.42 Å². The predicted octanol–water partition coefficient (Wildman–Crippen LogP) is 4.61. The summed E-state index contributed by atoms with van der Waals surface area (Å²) in [6.07, 6.45) is -5.24. The third-order valence-corrected chi connectivity index (χ3v) is 6.61. The van der Waals surface area contributed by atoms with Crippen molar-refractivity contribution in [1.29, 1.82) is 0 Å². The average Bonchev–Trinajstić information content (AvgIpc) is 3.20. The number of sulfone groups is 1. The molecule has 0 radical (unpaired) electrons. The number of halogens is 4. The van der Waals surface area contributed by atoms with Crippen molar-refractivity contribution in [3.63, 3.8) is 0 Å². The molecule has 3 rings (SSSR count). The monoisotopic (exact) mass is 505 g/mol. The van der Waals surface area contributed by atoms with Gasteiger partial charge in [-0.3, -0.25) is 4.79 Å². The number of likely N-dealkylation sites (tertiary alicyclic amines) is 1. The number of alkyl halides is 3. The van der Waals surface area contributed by atoms with Crippen LogP contribution < -0.4 is 9.47 Å². The van der Waals surface area contributed by atoms with E-state index in [1.807, 2.05) is 0 Å². The molecule has 1 aliphatic rings. The summed E-state index contributed by atoms with van der Waals surface area (Å²) in [7, 11) is -3.69. The average molecular weight is 506 g/mol. The summed E-state index contributed by atoms with van der Waals surface area (Å²) >= 11 is 5.85. The van der Waals surface area contributed by atoms with Crippen LogP contribution in [0.4, 0.5) is 13.2 Å². The van der Waals surface area contributed by atoms with E-state index in [2.05, 4.69) is 0 Å². The molecule has 0 aliphatic carbocycles. The van der Waals surface area contributed by atoms with Crippen LogP contribution in [-0.4, -0.2) is 57.5 Å². The van der Waals surface area contributed by atoms with E-state index >= 15 is 0 Å². The summed E-state index contributed by atoms with van der Waals surface area (Å²) in [4.78, 5) is 14.4. The minimum Gasteiger partial charge on any atom is -0.493 e. The summed E-state index contributed by atoms with van der Waals surface area (Å²) in [6, 6.07) is 10.1. The Kier molecular flexibility index (Phi) is 7.48. The Balaban J connectivity index is 1.76. The van der Waals surface area contributed by atoms with Gasteiger partial charge in [0.1, 0.15) is 11.5 Å². The Morgan fingerprint density at radius 3 is 2.48 bits per heavy atom. The Morgan fingerprint density at radius 1 is 1.21 bits per heavy atom. The summed E-state index contributed by atoms with van der Waals surface area (Å²) in [5.41, 5.74) is -0.228. The molecule has 1 saturated heterocycles. The summed E-state index contributed by atoms with van der Waals surface area (Å²) < 4.78 is 73.6. The van der Waals surface area contributed by atoms with Gasteiger partial charge in [0.15, 0.2) is 15.9 Å². The highest BCUT2D eigenvalue weighted by Gasteiger charge is 2.39. The standard InChI is InChI=1S/C22H23ClF3NO5S/c1-14(22(24,25)26)32-20-8-7-18(33(2,29)30)11-19(20)21(28)27-10-9-15(12-27)13-31-17-5-3-16(23)4-6-17/h3-8,11,14-15H,9-10,12-13H2,1-2H3. The maximum absolute atomic E-state index is 13.1. The van der Waals surface area contributed by atoms with Crippen LogP contribution in [0.5, 0.6) is 11.5 Å². The van der Waals surface area contributed by atoms with Crippen molar-refractivity contribution in [3.05, 3.63) is 53.1 Å². The molecule has 11 heteroatoms. The van der Waals surface area contributed by atoms with Crippen molar-refractivity contribution >= 4 is 27.3 Å². The lowest BCUT2D eigenvalue weighted by molar-refractivity contribution is -0.189. The van der Waals surface area contributed by atoms with E-state index in [0.717, 1.165) is 31.4 Å². The van der Waals surface area contributed by atoms with Gasteiger partial charge in [-0.15, -0.1) is 0 Å². The number of nitrogens with zero attached hydrogens (tertiary/aromatic N) is 1. The number of carbonyl (C=O) groups excluding carboxylic acids is 1. The summed E-state index contributed by atoms with van der Waals surface area (Å²) in [6.45, 7) is 1.82. The molecule has 1 aliphatic heterocycles. The van der Waals surface area contributed by atoms with E-state index in [1.54, 1.807) is 24.3 Å². The maximum atomic E-state index is 13.1. The maximum Gasteiger partial charge on any atom is 0.425 e. The SMILES string of the molecule is CC(Oc1ccc(S(C)(=O)=O)cc1C(=O)N1CCC(COc2ccc(Cl)cc2)C1)C(F)(F)F. The van der Waals surface area contributed by atoms with Crippen molar-refractivity contribution in [1.82, 2.24) is 4.90 Å². The number of benzene rings is 2. The van der Waals surface area contributed by atoms with Gasteiger partial charge in [0, 0.05) is 30.3 Å². The van der Waals surface area contributed by atoms with Crippen LogP contribution in [0.1, 0.15) is 23.7 Å². The number of rotatable bonds is 7. The van der Waals surface area contributed by atoms with Crippen molar-refractivity contribution in [3.8, 4) is 11.5 Å². The van der Waals surface area contributed by atoms with Gasteiger partial charge in [0.25, 0.3) is 5.91 Å². The normalized spacial score (nSPS) is 17.6. The third kappa shape index (κ3) is 6.54. The smallest absolute Gasteiger partial charge is 0.425 e. The first-order chi connectivity index (χ1) is 15.3. The first-order valence-corrected chi connectivity index (χ1v) is 12.4. The van der Waals surface area contributed by atoms with Gasteiger partial charge in [-0.1, -0.05) is 11.6 Å². The van der Waals surface area contributed by atoms with Gasteiger partial charge in [-0.05, 0) is 55.8 Å². The molecule has 180 valence electrons. The molecular formula is C22H23ClF3NO5S. The molecule has 1 amide bonds. The van der Waals surface area contributed by atoms with E-state index in [9.17, 15) is 26.4 Å². The zero-order chi connectivity index (χ0) is 24.4. The van der Waals surface area contributed by atoms with Crippen LogP contribution in [0, 0.1) is 5.92 Å². The van der Waals surface area contributed by atoms with Gasteiger partial charge < -0.3 is 14.4 Å². The molecule has 0 spiro atoms. The number of amides is 1. The largest absolute Gasteiger partial charge is 0.493 e. The quantitative estimate of drug-likeness (QED) is 0.549. The van der Waals surface area contributed by atoms with Crippen molar-refractivity contribution in [2.75, 3.05) is 26.0 Å². The van der Waals surface area contributed by atoms with Gasteiger partial charge >= 0.3 is 6.18 Å². The molecule has 2 atom stereocenters. The summed E-state index contributed by atoms with van der Waals surface area (Å²) in [5, 5.41) is 0.578. The fraction of sp³-hybridized carbons (Fsp3) is 0.409. The fourth-order valence-corrected chi connectivity index (χ4v) is 4.11. The molecule has 0 aromatic heterocycles. The van der Waals surface area contributed by atoms with Crippen LogP contribution in [0.3, 0.4) is 0 Å². The Morgan fingerprint density at radius 2 is 1.88 bits per heavy atom. The lowest BCUT2D eigenvalue weighted by Crippen LogP contribution is -2.33. The molecule has 0 saturated carbocycles. The second-order valence-electron chi connectivity index (χ2n) is 7.90. The molecular weight excluding hydrogens is 483 g/mol. The molecule has 0 N–H and O–H groups in total. The Hall–Kier alpha value is -2.46. The first-order valence-electron chi connectivity index (χ1n) is 10.1. The van der Waals surface area contributed by atoms with Crippen molar-refractivity contribution in [2.24, 2.45) is 5.92 Å². The first kappa shape index (κ1) is 25.2. The molecule has 1 heterocycles. The highest BCUT2D eigenvalue weighted by Crippen LogP contribution is 2.31. The fourth-order valence-electron chi connectivity index (χ4n) is 3.34. The molecule has 33 heavy (non-hydrogen) atoms. The van der Waals surface area contributed by atoms with E-state index < -0.39 is 28.0 Å². The third-order valence-electron chi connectivity index (χ3n) is 5.25. The van der Waals surface area contributed by atoms with Gasteiger partial charge in [-0.2, -0.15) is 13.2 Å². The number of hydrogen-bond acceptors (Lipinski definition) is 5. The van der Waals surface area contributed by atoms with Gasteiger partial charge in [0.2, 0.25) is 0 Å². The highest BCUT2D eigenvalue weighted by atomic mass is 35.5. The van der Waals surface area contributed by atoms with Crippen LogP contribution in [0.2, 0.25) is 5.02 Å². The lowest BCUT2D eigenvalue weighted by atomic mass is 10.1. The molecule has 2 aromatic rings. The topological polar surface area (TPSA) is 72.9 Å². The van der Waals surface area contributed by atoms with Crippen LogP contribution in [-0.2, 0) is 9.84 Å². The van der Waals surface area contributed by atoms with E-state index in [4.69, 9.17) is 21.1 Å². The van der Waals surface area contributed by atoms with Gasteiger partial charge in [0.05, 0.1) is 17.1 Å². The van der Waals surface area contributed by atoms with Crippen molar-refractivity contribution < 1.29 is 35.9 Å². The van der Waals surface area contributed by atoms with Crippen LogP contribution in [0.15, 0.2) is 47.4 Å². The van der Waals surface area contributed by atoms with E-state index in [-0.39, 0.29) is 22.1 Å². The number of carbonyl (C=O) groups is 1. The molecule has 2 aromatic carbocycles. The number of hydrogen-bond donors (Lipinski definition) is 0. The second-order valence-corrected chi connectivity index (χ2v) is 10.4. The molecule has 0 bridgehead atoms. The number of ether oxygens (including phenoxy) is 2.